The number of benzene rings is 1. The number of nitriles is 1. The zero-order valence-corrected chi connectivity index (χ0v) is 12.6. The summed E-state index contributed by atoms with van der Waals surface area (Å²) in [6.07, 6.45) is 2.57. The Kier molecular flexibility index (Phi) is 5.92. The standard InChI is InChI=1S/C16H16N2O2S/c1-19-14-3-5-15(6-4-14)20-9-2-10-21-16-11-13(12-17)7-8-18-16/h3-8,11H,2,9-10H2,1H3. The molecule has 0 amide bonds. The zero-order valence-electron chi connectivity index (χ0n) is 11.8. The number of aromatic nitrogens is 1. The van der Waals surface area contributed by atoms with E-state index >= 15 is 0 Å². The largest absolute Gasteiger partial charge is 0.497 e. The van der Waals surface area contributed by atoms with Crippen molar-refractivity contribution in [1.29, 1.82) is 5.26 Å². The molecule has 2 aromatic rings. The Balaban J connectivity index is 1.68. The second kappa shape index (κ2) is 8.18. The van der Waals surface area contributed by atoms with Gasteiger partial charge in [0, 0.05) is 11.9 Å². The highest BCUT2D eigenvalue weighted by molar-refractivity contribution is 7.99. The normalized spacial score (nSPS) is 9.90. The fraction of sp³-hybridized carbons (Fsp3) is 0.250. The fourth-order valence-corrected chi connectivity index (χ4v) is 2.47. The summed E-state index contributed by atoms with van der Waals surface area (Å²) in [6, 6.07) is 13.2. The predicted molar refractivity (Wildman–Crippen MR) is 82.8 cm³/mol. The third-order valence-corrected chi connectivity index (χ3v) is 3.74. The van der Waals surface area contributed by atoms with E-state index in [9.17, 15) is 0 Å². The van der Waals surface area contributed by atoms with E-state index in [0.717, 1.165) is 28.7 Å². The molecule has 0 radical (unpaired) electrons. The van der Waals surface area contributed by atoms with Crippen molar-refractivity contribution in [3.05, 3.63) is 48.2 Å². The Bertz CT molecular complexity index is 608. The van der Waals surface area contributed by atoms with Gasteiger partial charge in [0.05, 0.1) is 30.4 Å². The van der Waals surface area contributed by atoms with Crippen molar-refractivity contribution in [3.8, 4) is 17.6 Å². The lowest BCUT2D eigenvalue weighted by atomic mass is 10.3. The Labute approximate surface area is 128 Å². The molecule has 1 heterocycles. The summed E-state index contributed by atoms with van der Waals surface area (Å²) in [5, 5.41) is 9.69. The van der Waals surface area contributed by atoms with Gasteiger partial charge in [0.1, 0.15) is 11.5 Å². The van der Waals surface area contributed by atoms with E-state index in [1.54, 1.807) is 37.2 Å². The molecule has 0 saturated heterocycles. The SMILES string of the molecule is COc1ccc(OCCCSc2cc(C#N)ccn2)cc1. The lowest BCUT2D eigenvalue weighted by molar-refractivity contribution is 0.318. The summed E-state index contributed by atoms with van der Waals surface area (Å²) in [7, 11) is 1.64. The minimum atomic E-state index is 0.641. The number of hydrogen-bond acceptors (Lipinski definition) is 5. The first-order valence-electron chi connectivity index (χ1n) is 6.57. The van der Waals surface area contributed by atoms with E-state index in [0.29, 0.717) is 12.2 Å². The fourth-order valence-electron chi connectivity index (χ4n) is 1.66. The minimum absolute atomic E-state index is 0.641. The molecule has 2 rings (SSSR count). The van der Waals surface area contributed by atoms with Crippen LogP contribution >= 0.6 is 11.8 Å². The number of pyridine rings is 1. The molecule has 108 valence electrons. The maximum atomic E-state index is 8.82. The summed E-state index contributed by atoms with van der Waals surface area (Å²) < 4.78 is 10.7. The number of rotatable bonds is 7. The van der Waals surface area contributed by atoms with Gasteiger partial charge in [0.2, 0.25) is 0 Å². The van der Waals surface area contributed by atoms with E-state index in [1.165, 1.54) is 0 Å². The average Bonchev–Trinajstić information content (AvgIpc) is 2.55. The first kappa shape index (κ1) is 15.2. The van der Waals surface area contributed by atoms with Gasteiger partial charge in [-0.25, -0.2) is 4.98 Å². The van der Waals surface area contributed by atoms with Gasteiger partial charge < -0.3 is 9.47 Å². The second-order valence-electron chi connectivity index (χ2n) is 4.22. The first-order valence-corrected chi connectivity index (χ1v) is 7.56. The molecule has 0 saturated carbocycles. The zero-order chi connectivity index (χ0) is 14.9. The molecule has 0 atom stereocenters. The summed E-state index contributed by atoms with van der Waals surface area (Å²) >= 11 is 1.63. The van der Waals surface area contributed by atoms with Crippen LogP contribution in [0, 0.1) is 11.3 Å². The summed E-state index contributed by atoms with van der Waals surface area (Å²) in [5.74, 6) is 2.56. The molecule has 0 bridgehead atoms. The van der Waals surface area contributed by atoms with Crippen LogP contribution in [0.1, 0.15) is 12.0 Å². The van der Waals surface area contributed by atoms with Crippen LogP contribution in [0.15, 0.2) is 47.6 Å². The number of nitrogens with zero attached hydrogens (tertiary/aromatic N) is 2. The Morgan fingerprint density at radius 3 is 2.67 bits per heavy atom. The van der Waals surface area contributed by atoms with Gasteiger partial charge >= 0.3 is 0 Å². The third kappa shape index (κ3) is 5.01. The quantitative estimate of drug-likeness (QED) is 0.578. The molecule has 0 unspecified atom stereocenters. The van der Waals surface area contributed by atoms with Gasteiger partial charge in [-0.1, -0.05) is 0 Å². The average molecular weight is 300 g/mol. The van der Waals surface area contributed by atoms with Crippen molar-refractivity contribution >= 4 is 11.8 Å². The van der Waals surface area contributed by atoms with Crippen molar-refractivity contribution in [3.63, 3.8) is 0 Å². The van der Waals surface area contributed by atoms with Crippen LogP contribution in [0.3, 0.4) is 0 Å². The molecule has 0 aliphatic carbocycles. The van der Waals surface area contributed by atoms with Gasteiger partial charge in [-0.05, 0) is 42.8 Å². The molecule has 0 aliphatic rings. The van der Waals surface area contributed by atoms with Crippen molar-refractivity contribution in [2.24, 2.45) is 0 Å². The molecule has 5 heteroatoms. The van der Waals surface area contributed by atoms with Gasteiger partial charge in [-0.3, -0.25) is 0 Å². The Morgan fingerprint density at radius 1 is 1.19 bits per heavy atom. The summed E-state index contributed by atoms with van der Waals surface area (Å²) in [4.78, 5) is 4.22. The smallest absolute Gasteiger partial charge is 0.119 e. The van der Waals surface area contributed by atoms with Crippen molar-refractivity contribution in [1.82, 2.24) is 4.98 Å². The monoisotopic (exact) mass is 300 g/mol. The molecule has 1 aromatic heterocycles. The third-order valence-electron chi connectivity index (χ3n) is 2.73. The molecule has 4 nitrogen and oxygen atoms in total. The van der Waals surface area contributed by atoms with Gasteiger partial charge in [-0.15, -0.1) is 11.8 Å². The van der Waals surface area contributed by atoms with Gasteiger partial charge in [0.15, 0.2) is 0 Å². The topological polar surface area (TPSA) is 55.1 Å². The molecule has 0 aliphatic heterocycles. The predicted octanol–water partition coefficient (Wildman–Crippen LogP) is 3.52. The summed E-state index contributed by atoms with van der Waals surface area (Å²) in [5.41, 5.74) is 0.641. The van der Waals surface area contributed by atoms with E-state index in [-0.39, 0.29) is 0 Å². The van der Waals surface area contributed by atoms with Crippen LogP contribution in [0.4, 0.5) is 0 Å². The van der Waals surface area contributed by atoms with Crippen LogP contribution in [0.2, 0.25) is 0 Å². The molecule has 1 aromatic carbocycles. The van der Waals surface area contributed by atoms with E-state index in [4.69, 9.17) is 14.7 Å². The van der Waals surface area contributed by atoms with Crippen LogP contribution in [0.5, 0.6) is 11.5 Å². The number of thioether (sulfide) groups is 1. The number of ether oxygens (including phenoxy) is 2. The van der Waals surface area contributed by atoms with Crippen molar-refractivity contribution < 1.29 is 9.47 Å². The van der Waals surface area contributed by atoms with Gasteiger partial charge in [-0.2, -0.15) is 5.26 Å². The lowest BCUT2D eigenvalue weighted by Gasteiger charge is -2.06. The van der Waals surface area contributed by atoms with Crippen LogP contribution in [-0.4, -0.2) is 24.5 Å². The highest BCUT2D eigenvalue weighted by atomic mass is 32.2. The maximum absolute atomic E-state index is 8.82. The van der Waals surface area contributed by atoms with Crippen LogP contribution < -0.4 is 9.47 Å². The Hall–Kier alpha value is -2.19. The van der Waals surface area contributed by atoms with Crippen molar-refractivity contribution in [2.45, 2.75) is 11.4 Å². The minimum Gasteiger partial charge on any atom is -0.497 e. The molecule has 0 N–H and O–H groups in total. The molecule has 0 spiro atoms. The van der Waals surface area contributed by atoms with Crippen LogP contribution in [0.25, 0.3) is 0 Å². The second-order valence-corrected chi connectivity index (χ2v) is 5.34. The van der Waals surface area contributed by atoms with E-state index < -0.39 is 0 Å². The first-order chi connectivity index (χ1) is 10.3. The highest BCUT2D eigenvalue weighted by Crippen LogP contribution is 2.19. The van der Waals surface area contributed by atoms with Gasteiger partial charge in [0.25, 0.3) is 0 Å². The number of methoxy groups -OCH3 is 1. The van der Waals surface area contributed by atoms with E-state index in [2.05, 4.69) is 11.1 Å². The van der Waals surface area contributed by atoms with Crippen LogP contribution in [-0.2, 0) is 0 Å². The molecular formula is C16H16N2O2S. The maximum Gasteiger partial charge on any atom is 0.119 e. The highest BCUT2D eigenvalue weighted by Gasteiger charge is 1.99. The van der Waals surface area contributed by atoms with Crippen molar-refractivity contribution in [2.75, 3.05) is 19.5 Å². The molecule has 0 fully saturated rings. The van der Waals surface area contributed by atoms with E-state index in [1.807, 2.05) is 24.3 Å². The number of hydrogen-bond donors (Lipinski definition) is 0. The Morgan fingerprint density at radius 2 is 1.95 bits per heavy atom. The lowest BCUT2D eigenvalue weighted by Crippen LogP contribution is -1.98. The summed E-state index contributed by atoms with van der Waals surface area (Å²) in [6.45, 7) is 0.650. The molecule has 21 heavy (non-hydrogen) atoms. The molecular weight excluding hydrogens is 284 g/mol.